The van der Waals surface area contributed by atoms with E-state index in [1.54, 1.807) is 6.92 Å². The molecule has 0 spiro atoms. The Labute approximate surface area is 177 Å². The molecule has 156 valence electrons. The van der Waals surface area contributed by atoms with Crippen molar-refractivity contribution in [1.29, 1.82) is 0 Å². The molecule has 5 aliphatic rings. The third-order valence-electron chi connectivity index (χ3n) is 9.50. The summed E-state index contributed by atoms with van der Waals surface area (Å²) in [7, 11) is 0. The summed E-state index contributed by atoms with van der Waals surface area (Å²) in [4.78, 5) is 37.1. The Balaban J connectivity index is 1.60. The first kappa shape index (κ1) is 19.5. The van der Waals surface area contributed by atoms with Crippen LogP contribution in [-0.4, -0.2) is 23.1 Å². The Morgan fingerprint density at radius 3 is 2.45 bits per heavy atom. The van der Waals surface area contributed by atoms with E-state index in [9.17, 15) is 14.4 Å². The van der Waals surface area contributed by atoms with E-state index in [0.29, 0.717) is 23.3 Å². The molecule has 0 heterocycles. The van der Waals surface area contributed by atoms with Gasteiger partial charge in [-0.2, -0.15) is 0 Å². The van der Waals surface area contributed by atoms with Crippen molar-refractivity contribution < 1.29 is 19.1 Å². The van der Waals surface area contributed by atoms with Crippen LogP contribution < -0.4 is 0 Å². The molecule has 0 aromatic carbocycles. The topological polar surface area (TPSA) is 60.4 Å². The summed E-state index contributed by atoms with van der Waals surface area (Å²) in [5, 5.41) is 0.713. The van der Waals surface area contributed by atoms with Crippen molar-refractivity contribution in [2.75, 3.05) is 0 Å². The first-order chi connectivity index (χ1) is 13.6. The highest BCUT2D eigenvalue weighted by Gasteiger charge is 2.70. The molecule has 5 heteroatoms. The molecule has 3 saturated carbocycles. The molecule has 0 bridgehead atoms. The van der Waals surface area contributed by atoms with Gasteiger partial charge < -0.3 is 4.74 Å². The second-order valence-corrected chi connectivity index (χ2v) is 10.9. The number of fused-ring (bicyclic) bond motifs is 7. The minimum Gasteiger partial charge on any atom is -0.451 e. The number of hydrogen-bond acceptors (Lipinski definition) is 4. The van der Waals surface area contributed by atoms with Crippen molar-refractivity contribution in [2.24, 2.45) is 40.4 Å². The van der Waals surface area contributed by atoms with Gasteiger partial charge in [0.15, 0.2) is 17.2 Å². The average Bonchev–Trinajstić information content (AvgIpc) is 3.39. The molecule has 0 aromatic heterocycles. The van der Waals surface area contributed by atoms with Gasteiger partial charge in [0.1, 0.15) is 0 Å². The van der Waals surface area contributed by atoms with Crippen molar-refractivity contribution in [3.63, 3.8) is 0 Å². The Morgan fingerprint density at radius 2 is 1.79 bits per heavy atom. The van der Waals surface area contributed by atoms with E-state index < -0.39 is 5.60 Å². The molecule has 0 unspecified atom stereocenters. The third kappa shape index (κ3) is 2.24. The van der Waals surface area contributed by atoms with Crippen LogP contribution in [0, 0.1) is 40.4 Å². The molecule has 0 N–H and O–H groups in total. The molecule has 5 aliphatic carbocycles. The van der Waals surface area contributed by atoms with Gasteiger partial charge in [-0.3, -0.25) is 14.4 Å². The molecule has 4 nitrogen and oxygen atoms in total. The molecule has 5 rings (SSSR count). The van der Waals surface area contributed by atoms with Crippen molar-refractivity contribution in [1.82, 2.24) is 0 Å². The molecule has 0 amide bonds. The quantitative estimate of drug-likeness (QED) is 0.617. The number of esters is 1. The minimum absolute atomic E-state index is 0.0423. The Bertz CT molecular complexity index is 903. The van der Waals surface area contributed by atoms with E-state index in [4.69, 9.17) is 16.3 Å². The number of halogens is 1. The highest BCUT2D eigenvalue weighted by atomic mass is 35.5. The molecule has 8 atom stereocenters. The molecule has 3 fully saturated rings. The van der Waals surface area contributed by atoms with Crippen LogP contribution in [0.4, 0.5) is 0 Å². The van der Waals surface area contributed by atoms with E-state index in [0.717, 1.165) is 31.3 Å². The second-order valence-electron chi connectivity index (χ2n) is 10.5. The number of ether oxygens (including phenoxy) is 1. The highest BCUT2D eigenvalue weighted by Crippen LogP contribution is 2.72. The number of carbonyl (C=O) groups excluding carboxylic acids is 3. The van der Waals surface area contributed by atoms with Crippen molar-refractivity contribution in [3.05, 3.63) is 22.8 Å². The fourth-order valence-electron chi connectivity index (χ4n) is 8.03. The summed E-state index contributed by atoms with van der Waals surface area (Å²) in [5.41, 5.74) is -0.455. The smallest absolute Gasteiger partial charge is 0.303 e. The van der Waals surface area contributed by atoms with Gasteiger partial charge >= 0.3 is 5.97 Å². The van der Waals surface area contributed by atoms with Gasteiger partial charge in [0.25, 0.3) is 0 Å². The predicted octanol–water partition coefficient (Wildman–Crippen LogP) is 4.61. The highest BCUT2D eigenvalue weighted by molar-refractivity contribution is 6.32. The first-order valence-electron chi connectivity index (χ1n) is 10.9. The summed E-state index contributed by atoms with van der Waals surface area (Å²) in [6.45, 7) is 7.42. The maximum Gasteiger partial charge on any atom is 0.303 e. The Morgan fingerprint density at radius 1 is 1.10 bits per heavy atom. The lowest BCUT2D eigenvalue weighted by Crippen LogP contribution is -2.58. The standard InChI is InChI=1S/C24H29ClO4/c1-12(26)24(29-13(2)27)8-6-16-14-10-20(25)19-11-21(28)15-9-18(15)23(19,4)17(14)5-7-22(16,24)3/h10-11,14-18H,5-9H2,1-4H3/t14-,15+,16+,17-,18-,22+,23+,24-/m0/s1. The number of rotatable bonds is 2. The van der Waals surface area contributed by atoms with Crippen LogP contribution in [0.1, 0.15) is 59.8 Å². The van der Waals surface area contributed by atoms with Gasteiger partial charge in [-0.25, -0.2) is 0 Å². The maximum absolute atomic E-state index is 12.8. The zero-order valence-electron chi connectivity index (χ0n) is 17.6. The number of carbonyl (C=O) groups is 3. The van der Waals surface area contributed by atoms with Crippen molar-refractivity contribution in [2.45, 2.75) is 65.4 Å². The van der Waals surface area contributed by atoms with Gasteiger partial charge in [-0.05, 0) is 74.3 Å². The fraction of sp³-hybridized carbons (Fsp3) is 0.708. The van der Waals surface area contributed by atoms with Crippen molar-refractivity contribution >= 4 is 29.1 Å². The van der Waals surface area contributed by atoms with E-state index in [1.165, 1.54) is 6.92 Å². The van der Waals surface area contributed by atoms with E-state index >= 15 is 0 Å². The normalized spacial score (nSPS) is 49.7. The summed E-state index contributed by atoms with van der Waals surface area (Å²) < 4.78 is 5.82. The zero-order valence-corrected chi connectivity index (χ0v) is 18.3. The number of Topliss-reactive ketones (excluding diaryl/α,β-unsaturated/α-hetero) is 1. The summed E-state index contributed by atoms with van der Waals surface area (Å²) in [5.74, 6) is 1.27. The number of allylic oxidation sites excluding steroid dienone is 4. The minimum atomic E-state index is -1.03. The van der Waals surface area contributed by atoms with Crippen LogP contribution in [0.25, 0.3) is 0 Å². The molecule has 0 saturated heterocycles. The molecule has 29 heavy (non-hydrogen) atoms. The largest absolute Gasteiger partial charge is 0.451 e. The van der Waals surface area contributed by atoms with Crippen LogP contribution in [0.15, 0.2) is 22.8 Å². The number of hydrogen-bond donors (Lipinski definition) is 0. The van der Waals surface area contributed by atoms with E-state index in [-0.39, 0.29) is 46.1 Å². The summed E-state index contributed by atoms with van der Waals surface area (Å²) >= 11 is 6.79. The molecule has 0 radical (unpaired) electrons. The van der Waals surface area contributed by atoms with Gasteiger partial charge in [0.2, 0.25) is 0 Å². The van der Waals surface area contributed by atoms with Crippen LogP contribution in [-0.2, 0) is 19.1 Å². The van der Waals surface area contributed by atoms with Crippen LogP contribution >= 0.6 is 11.6 Å². The monoisotopic (exact) mass is 416 g/mol. The second kappa shape index (κ2) is 5.84. The summed E-state index contributed by atoms with van der Waals surface area (Å²) in [6, 6.07) is 0. The SMILES string of the molecule is CC(=O)O[C@]1(C(C)=O)CC[C@@H]2[C@@H]3C=C(Cl)C4=CC(=O)[C@@H]5C[C@@H]5[C@@]4(C)[C@H]3CC[C@]21C. The lowest BCUT2D eigenvalue weighted by atomic mass is 9.47. The zero-order chi connectivity index (χ0) is 20.9. The molecule has 0 aliphatic heterocycles. The van der Waals surface area contributed by atoms with Gasteiger partial charge in [0.05, 0.1) is 0 Å². The van der Waals surface area contributed by atoms with Crippen LogP contribution in [0.5, 0.6) is 0 Å². The van der Waals surface area contributed by atoms with Gasteiger partial charge in [0, 0.05) is 28.7 Å². The summed E-state index contributed by atoms with van der Waals surface area (Å²) in [6.07, 6.45) is 8.18. The lowest BCUT2D eigenvalue weighted by Gasteiger charge is -2.57. The van der Waals surface area contributed by atoms with Gasteiger partial charge in [-0.1, -0.05) is 31.5 Å². The molecule has 0 aromatic rings. The van der Waals surface area contributed by atoms with Gasteiger partial charge in [-0.15, -0.1) is 0 Å². The Hall–Kier alpha value is -1.42. The number of ketones is 2. The lowest BCUT2D eigenvalue weighted by molar-refractivity contribution is -0.185. The molecular weight excluding hydrogens is 388 g/mol. The predicted molar refractivity (Wildman–Crippen MR) is 109 cm³/mol. The maximum atomic E-state index is 12.8. The average molecular weight is 417 g/mol. The third-order valence-corrected chi connectivity index (χ3v) is 9.83. The fourth-order valence-corrected chi connectivity index (χ4v) is 8.43. The van der Waals surface area contributed by atoms with Crippen molar-refractivity contribution in [3.8, 4) is 0 Å². The van der Waals surface area contributed by atoms with E-state index in [2.05, 4.69) is 19.9 Å². The van der Waals surface area contributed by atoms with E-state index in [1.807, 2.05) is 6.08 Å². The molecular formula is C24H29ClO4. The first-order valence-corrected chi connectivity index (χ1v) is 11.3. The Kier molecular flexibility index (Phi) is 3.93. The van der Waals surface area contributed by atoms with Crippen LogP contribution in [0.2, 0.25) is 0 Å². The van der Waals surface area contributed by atoms with Crippen LogP contribution in [0.3, 0.4) is 0 Å².